The zero-order valence-electron chi connectivity index (χ0n) is 17.5. The van der Waals surface area contributed by atoms with Crippen LogP contribution in [0.4, 0.5) is 0 Å². The summed E-state index contributed by atoms with van der Waals surface area (Å²) in [5, 5.41) is 30.0. The molecule has 0 aromatic carbocycles. The van der Waals surface area contributed by atoms with Gasteiger partial charge in [-0.25, -0.2) is 4.79 Å². The monoisotopic (exact) mass is 418 g/mol. The first-order chi connectivity index (χ1) is 14.4. The van der Waals surface area contributed by atoms with Crippen LogP contribution in [-0.2, 0) is 14.3 Å². The average Bonchev–Trinajstić information content (AvgIpc) is 3.43. The summed E-state index contributed by atoms with van der Waals surface area (Å²) < 4.78 is 10.9. The summed E-state index contributed by atoms with van der Waals surface area (Å²) in [6, 6.07) is 0. The zero-order chi connectivity index (χ0) is 21.8. The van der Waals surface area contributed by atoms with Crippen LogP contribution >= 0.6 is 0 Å². The van der Waals surface area contributed by atoms with Gasteiger partial charge >= 0.3 is 5.97 Å². The van der Waals surface area contributed by atoms with Crippen molar-refractivity contribution >= 4 is 5.97 Å². The normalized spacial score (nSPS) is 40.1. The van der Waals surface area contributed by atoms with Gasteiger partial charge in [0, 0.05) is 12.5 Å². The van der Waals surface area contributed by atoms with E-state index in [0.29, 0.717) is 12.8 Å². The van der Waals surface area contributed by atoms with E-state index in [1.165, 1.54) is 6.08 Å². The molecular formula is C24H34O6. The van der Waals surface area contributed by atoms with E-state index < -0.39 is 18.3 Å². The standard InChI is InChI=1S/C24H34O6/c1-18-9-8-13-22-23(30-22)16-15-21(27)17-20(26)12-6-2-4-10-19(25)11-5-3-7-14-24(28)29-18/h2-7,10,14-16,18-23,25-27H,8-9,11-13,17H2,1H3/b5-3+,6-2-,10-4+,14-7-,16-15+/t18-,19-,20+,21+,22+,23+/m1/s1. The SMILES string of the molecule is C[C@@H]1CCC[C@@H]2O[C@H]2/C=C/[C@H](O)C[C@@H](O)C/C=C\C=C\[C@@H](O)C/C=C/C=C\C(=O)O1. The fourth-order valence-corrected chi connectivity index (χ4v) is 3.17. The molecule has 3 N–H and O–H groups in total. The van der Waals surface area contributed by atoms with Crippen LogP contribution in [-0.4, -0.2) is 57.9 Å². The zero-order valence-corrected chi connectivity index (χ0v) is 17.5. The van der Waals surface area contributed by atoms with Gasteiger partial charge in [0.25, 0.3) is 0 Å². The number of allylic oxidation sites excluding steroid dienone is 4. The van der Waals surface area contributed by atoms with Crippen molar-refractivity contribution in [3.8, 4) is 0 Å². The van der Waals surface area contributed by atoms with Crippen molar-refractivity contribution in [1.29, 1.82) is 0 Å². The number of carbonyl (C=O) groups is 1. The number of hydrogen-bond donors (Lipinski definition) is 3. The van der Waals surface area contributed by atoms with Gasteiger partial charge in [-0.1, -0.05) is 54.7 Å². The molecule has 6 nitrogen and oxygen atoms in total. The predicted octanol–water partition coefficient (Wildman–Crippen LogP) is 2.90. The molecule has 2 rings (SSSR count). The molecule has 1 fully saturated rings. The van der Waals surface area contributed by atoms with Gasteiger partial charge in [0.15, 0.2) is 0 Å². The Labute approximate surface area is 178 Å². The van der Waals surface area contributed by atoms with Crippen LogP contribution < -0.4 is 0 Å². The summed E-state index contributed by atoms with van der Waals surface area (Å²) in [5.41, 5.74) is 0. The Morgan fingerprint density at radius 2 is 1.67 bits per heavy atom. The Hall–Kier alpha value is -1.99. The smallest absolute Gasteiger partial charge is 0.331 e. The van der Waals surface area contributed by atoms with E-state index >= 15 is 0 Å². The molecule has 6 heteroatoms. The van der Waals surface area contributed by atoms with Gasteiger partial charge in [-0.15, -0.1) is 0 Å². The Bertz CT molecular complexity index is 663. The van der Waals surface area contributed by atoms with Crippen LogP contribution in [0.3, 0.4) is 0 Å². The maximum absolute atomic E-state index is 11.8. The molecule has 166 valence electrons. The lowest BCUT2D eigenvalue weighted by atomic mass is 10.1. The maximum atomic E-state index is 11.8. The van der Waals surface area contributed by atoms with Crippen LogP contribution in [0, 0.1) is 0 Å². The number of fused-ring (bicyclic) bond motifs is 1. The molecule has 6 atom stereocenters. The Kier molecular flexibility index (Phi) is 10.8. The van der Waals surface area contributed by atoms with Crippen molar-refractivity contribution in [2.45, 2.75) is 82.1 Å². The minimum atomic E-state index is -0.722. The van der Waals surface area contributed by atoms with Gasteiger partial charge in [0.2, 0.25) is 0 Å². The number of rotatable bonds is 0. The lowest BCUT2D eigenvalue weighted by Crippen LogP contribution is -2.15. The van der Waals surface area contributed by atoms with Crippen LogP contribution in [0.2, 0.25) is 0 Å². The first kappa shape index (κ1) is 24.3. The summed E-state index contributed by atoms with van der Waals surface area (Å²) in [7, 11) is 0. The largest absolute Gasteiger partial charge is 0.460 e. The summed E-state index contributed by atoms with van der Waals surface area (Å²) >= 11 is 0. The number of cyclic esters (lactones) is 1. The van der Waals surface area contributed by atoms with E-state index in [9.17, 15) is 20.1 Å². The van der Waals surface area contributed by atoms with Crippen molar-refractivity contribution in [3.05, 3.63) is 60.8 Å². The first-order valence-electron chi connectivity index (χ1n) is 10.7. The highest BCUT2D eigenvalue weighted by Crippen LogP contribution is 2.29. The second-order valence-electron chi connectivity index (χ2n) is 7.80. The van der Waals surface area contributed by atoms with Gasteiger partial charge in [-0.05, 0) is 39.0 Å². The third-order valence-electron chi connectivity index (χ3n) is 4.92. The highest BCUT2D eigenvalue weighted by atomic mass is 16.6. The molecule has 0 aromatic heterocycles. The predicted molar refractivity (Wildman–Crippen MR) is 116 cm³/mol. The third kappa shape index (κ3) is 10.7. The second kappa shape index (κ2) is 13.3. The van der Waals surface area contributed by atoms with E-state index in [4.69, 9.17) is 9.47 Å². The summed E-state index contributed by atoms with van der Waals surface area (Å²) in [4.78, 5) is 11.8. The molecule has 2 aliphatic heterocycles. The highest BCUT2D eigenvalue weighted by molar-refractivity contribution is 5.82. The van der Waals surface area contributed by atoms with E-state index in [-0.39, 0.29) is 30.7 Å². The number of carbonyl (C=O) groups excluding carboxylic acids is 1. The Morgan fingerprint density at radius 1 is 0.900 bits per heavy atom. The van der Waals surface area contributed by atoms with Crippen LogP contribution in [0.15, 0.2) is 60.8 Å². The van der Waals surface area contributed by atoms with Gasteiger partial charge in [0.1, 0.15) is 6.10 Å². The topological polar surface area (TPSA) is 99.5 Å². The number of epoxide rings is 1. The number of esters is 1. The molecule has 2 heterocycles. The molecule has 0 amide bonds. The molecule has 0 saturated carbocycles. The molecule has 0 aromatic rings. The summed E-state index contributed by atoms with van der Waals surface area (Å²) in [5.74, 6) is -0.383. The lowest BCUT2D eigenvalue weighted by molar-refractivity contribution is -0.142. The van der Waals surface area contributed by atoms with Gasteiger partial charge < -0.3 is 24.8 Å². The molecule has 1 saturated heterocycles. The van der Waals surface area contributed by atoms with Crippen LogP contribution in [0.5, 0.6) is 0 Å². The fourth-order valence-electron chi connectivity index (χ4n) is 3.17. The number of ether oxygens (including phenoxy) is 2. The average molecular weight is 419 g/mol. The van der Waals surface area contributed by atoms with Crippen molar-refractivity contribution in [2.24, 2.45) is 0 Å². The highest BCUT2D eigenvalue weighted by Gasteiger charge is 2.35. The molecule has 0 bridgehead atoms. The van der Waals surface area contributed by atoms with E-state index in [2.05, 4.69) is 0 Å². The van der Waals surface area contributed by atoms with Crippen molar-refractivity contribution in [3.63, 3.8) is 0 Å². The number of aliphatic hydroxyl groups is 3. The molecular weight excluding hydrogens is 384 g/mol. The maximum Gasteiger partial charge on any atom is 0.331 e. The van der Waals surface area contributed by atoms with Crippen molar-refractivity contribution in [1.82, 2.24) is 0 Å². The van der Waals surface area contributed by atoms with E-state index in [1.807, 2.05) is 13.0 Å². The Balaban J connectivity index is 1.90. The Morgan fingerprint density at radius 3 is 2.50 bits per heavy atom. The second-order valence-corrected chi connectivity index (χ2v) is 7.80. The molecule has 0 unspecified atom stereocenters. The third-order valence-corrected chi connectivity index (χ3v) is 4.92. The van der Waals surface area contributed by atoms with Gasteiger partial charge in [-0.2, -0.15) is 0 Å². The fraction of sp³-hybridized carbons (Fsp3) is 0.542. The van der Waals surface area contributed by atoms with E-state index in [1.54, 1.807) is 48.6 Å². The molecule has 0 radical (unpaired) electrons. The molecule has 2 aliphatic rings. The molecule has 0 spiro atoms. The summed E-state index contributed by atoms with van der Waals surface area (Å²) in [6.45, 7) is 1.87. The minimum Gasteiger partial charge on any atom is -0.460 e. The van der Waals surface area contributed by atoms with Gasteiger partial charge in [0.05, 0.1) is 30.5 Å². The lowest BCUT2D eigenvalue weighted by Gasteiger charge is -2.11. The molecule has 30 heavy (non-hydrogen) atoms. The first-order valence-corrected chi connectivity index (χ1v) is 10.7. The minimum absolute atomic E-state index is 0.00590. The van der Waals surface area contributed by atoms with E-state index in [0.717, 1.165) is 19.3 Å². The number of aliphatic hydroxyl groups excluding tert-OH is 3. The van der Waals surface area contributed by atoms with Gasteiger partial charge in [-0.3, -0.25) is 0 Å². The van der Waals surface area contributed by atoms with Crippen molar-refractivity contribution < 1.29 is 29.6 Å². The molecule has 0 aliphatic carbocycles. The van der Waals surface area contributed by atoms with Crippen LogP contribution in [0.1, 0.15) is 45.4 Å². The van der Waals surface area contributed by atoms with Crippen molar-refractivity contribution in [2.75, 3.05) is 0 Å². The summed E-state index contributed by atoms with van der Waals surface area (Å²) in [6.07, 6.45) is 18.5. The quantitative estimate of drug-likeness (QED) is 0.318. The number of hydrogen-bond acceptors (Lipinski definition) is 6. The van der Waals surface area contributed by atoms with Crippen LogP contribution in [0.25, 0.3) is 0 Å².